The number of rotatable bonds is 11. The highest BCUT2D eigenvalue weighted by Gasteiger charge is 2.53. The molecule has 3 N–H and O–H groups in total. The first-order chi connectivity index (χ1) is 18.0. The number of anilines is 2. The first-order valence-corrected chi connectivity index (χ1v) is 12.8. The highest BCUT2D eigenvalue weighted by Crippen LogP contribution is 2.49. The molecule has 0 unspecified atom stereocenters. The van der Waals surface area contributed by atoms with Gasteiger partial charge in [0.05, 0.1) is 16.8 Å². The number of benzene rings is 3. The molecule has 0 amide bonds. The van der Waals surface area contributed by atoms with Gasteiger partial charge in [-0.2, -0.15) is 0 Å². The van der Waals surface area contributed by atoms with Gasteiger partial charge in [0.25, 0.3) is 0 Å². The molecule has 1 saturated heterocycles. The molecule has 37 heavy (non-hydrogen) atoms. The molecule has 0 radical (unpaired) electrons. The lowest BCUT2D eigenvalue weighted by molar-refractivity contribution is -0.117. The van der Waals surface area contributed by atoms with Crippen molar-refractivity contribution in [3.8, 4) is 5.75 Å². The third-order valence-electron chi connectivity index (χ3n) is 7.20. The fourth-order valence-corrected chi connectivity index (χ4v) is 5.49. The van der Waals surface area contributed by atoms with Gasteiger partial charge in [0.15, 0.2) is 6.29 Å². The molecular weight excluding hydrogens is 491 g/mol. The molecule has 6 nitrogen and oxygen atoms in total. The second-order valence-electron chi connectivity index (χ2n) is 9.99. The van der Waals surface area contributed by atoms with Crippen LogP contribution in [0.3, 0.4) is 0 Å². The molecule has 8 heteroatoms. The van der Waals surface area contributed by atoms with Crippen LogP contribution in [0.2, 0.25) is 5.02 Å². The van der Waals surface area contributed by atoms with Crippen molar-refractivity contribution in [3.05, 3.63) is 88.2 Å². The minimum Gasteiger partial charge on any atom is -0.490 e. The van der Waals surface area contributed by atoms with Gasteiger partial charge >= 0.3 is 0 Å². The predicted octanol–water partition coefficient (Wildman–Crippen LogP) is 5.86. The number of halogens is 2. The summed E-state index contributed by atoms with van der Waals surface area (Å²) >= 11 is 5.99. The molecule has 2 aliphatic rings. The Morgan fingerprint density at radius 3 is 2.57 bits per heavy atom. The molecule has 2 fully saturated rings. The maximum absolute atomic E-state index is 14.6. The van der Waals surface area contributed by atoms with Gasteiger partial charge in [-0.1, -0.05) is 41.9 Å². The van der Waals surface area contributed by atoms with Gasteiger partial charge in [0.2, 0.25) is 0 Å². The number of carbonyl (C=O) groups excluding carboxylic acids is 1. The molecule has 1 aliphatic carbocycles. The van der Waals surface area contributed by atoms with E-state index in [9.17, 15) is 9.18 Å². The van der Waals surface area contributed by atoms with E-state index in [4.69, 9.17) is 21.7 Å². The fourth-order valence-electron chi connectivity index (χ4n) is 5.32. The van der Waals surface area contributed by atoms with Crippen LogP contribution in [0.1, 0.15) is 34.3 Å². The third-order valence-corrected chi connectivity index (χ3v) is 7.54. The maximum Gasteiger partial charge on any atom is 0.151 e. The lowest BCUT2D eigenvalue weighted by atomic mass is 9.62. The Balaban J connectivity index is 1.07. The van der Waals surface area contributed by atoms with Crippen molar-refractivity contribution >= 4 is 35.5 Å². The van der Waals surface area contributed by atoms with Crippen molar-refractivity contribution in [2.75, 3.05) is 36.8 Å². The van der Waals surface area contributed by atoms with E-state index in [0.717, 1.165) is 50.0 Å². The summed E-state index contributed by atoms with van der Waals surface area (Å²) in [6.07, 6.45) is 4.05. The van der Waals surface area contributed by atoms with Crippen LogP contribution in [0.15, 0.2) is 60.7 Å². The Kier molecular flexibility index (Phi) is 7.44. The number of nitrogens with zero attached hydrogens (tertiary/aromatic N) is 1. The quantitative estimate of drug-likeness (QED) is 0.218. The van der Waals surface area contributed by atoms with E-state index in [1.165, 1.54) is 12.3 Å². The highest BCUT2D eigenvalue weighted by atomic mass is 35.5. The van der Waals surface area contributed by atoms with Gasteiger partial charge in [-0.15, -0.1) is 0 Å². The summed E-state index contributed by atoms with van der Waals surface area (Å²) in [7, 11) is 0. The first kappa shape index (κ1) is 25.2. The second-order valence-corrected chi connectivity index (χ2v) is 10.4. The lowest BCUT2D eigenvalue weighted by Crippen LogP contribution is -2.65. The zero-order valence-electron chi connectivity index (χ0n) is 20.5. The molecule has 3 aromatic rings. The van der Waals surface area contributed by atoms with Crippen molar-refractivity contribution in [1.82, 2.24) is 4.90 Å². The number of ether oxygens (including phenoxy) is 1. The fraction of sp³-hybridized carbons (Fsp3) is 0.310. The van der Waals surface area contributed by atoms with Crippen LogP contribution in [-0.4, -0.2) is 49.7 Å². The van der Waals surface area contributed by atoms with Crippen molar-refractivity contribution in [1.29, 1.82) is 5.41 Å². The van der Waals surface area contributed by atoms with E-state index < -0.39 is 0 Å². The molecule has 1 aliphatic heterocycles. The number of likely N-dealkylation sites (tertiary alicyclic amines) is 1. The highest BCUT2D eigenvalue weighted by molar-refractivity contribution is 6.33. The Morgan fingerprint density at radius 1 is 1.05 bits per heavy atom. The topological polar surface area (TPSA) is 77.5 Å². The predicted molar refractivity (Wildman–Crippen MR) is 146 cm³/mol. The number of hydrogen-bond donors (Lipinski definition) is 3. The monoisotopic (exact) mass is 520 g/mol. The van der Waals surface area contributed by atoms with Crippen LogP contribution in [0.5, 0.6) is 5.75 Å². The Morgan fingerprint density at radius 2 is 1.84 bits per heavy atom. The Bertz CT molecular complexity index is 1270. The number of carbonyl (C=O) groups is 1. The first-order valence-electron chi connectivity index (χ1n) is 12.5. The molecule has 1 spiro atoms. The van der Waals surface area contributed by atoms with Gasteiger partial charge in [-0.05, 0) is 48.7 Å². The van der Waals surface area contributed by atoms with E-state index in [0.29, 0.717) is 46.1 Å². The number of hydrogen-bond acceptors (Lipinski definition) is 6. The maximum atomic E-state index is 14.6. The summed E-state index contributed by atoms with van der Waals surface area (Å²) in [5, 5.41) is 14.6. The van der Waals surface area contributed by atoms with Crippen molar-refractivity contribution in [2.24, 2.45) is 5.41 Å². The van der Waals surface area contributed by atoms with Crippen LogP contribution in [-0.2, 0) is 6.54 Å². The van der Waals surface area contributed by atoms with E-state index in [1.54, 1.807) is 24.3 Å². The Labute approximate surface area is 221 Å². The van der Waals surface area contributed by atoms with Gasteiger partial charge < -0.3 is 25.7 Å². The standard InChI is InChI=1S/C29H30ClFN4O2/c30-25-7-6-23(10-22(25)17-36)37-24-13-29(14-24)18-35(19-29)9-8-33-28-12-27(21(15-32)11-26(28)31)34-16-20-4-2-1-3-5-20/h1-7,10-12,15,17,24,32-34H,8-9,13-14,16,18-19H2. The molecule has 0 atom stereocenters. The van der Waals surface area contributed by atoms with E-state index >= 15 is 0 Å². The molecule has 5 rings (SSSR count). The molecular formula is C29H30ClFN4O2. The summed E-state index contributed by atoms with van der Waals surface area (Å²) in [5.74, 6) is 0.322. The van der Waals surface area contributed by atoms with Crippen LogP contribution in [0.25, 0.3) is 0 Å². The summed E-state index contributed by atoms with van der Waals surface area (Å²) in [4.78, 5) is 13.5. The molecule has 1 heterocycles. The largest absolute Gasteiger partial charge is 0.490 e. The SMILES string of the molecule is N=Cc1cc(F)c(NCCN2CC3(CC(Oc4ccc(Cl)c(C=O)c4)C3)C2)cc1NCc1ccccc1. The Hall–Kier alpha value is -3.42. The van der Waals surface area contributed by atoms with Crippen LogP contribution in [0.4, 0.5) is 15.8 Å². The summed E-state index contributed by atoms with van der Waals surface area (Å²) in [5.41, 5.74) is 3.55. The summed E-state index contributed by atoms with van der Waals surface area (Å²) in [6, 6.07) is 18.3. The molecule has 1 saturated carbocycles. The minimum atomic E-state index is -0.359. The zero-order chi connectivity index (χ0) is 25.8. The summed E-state index contributed by atoms with van der Waals surface area (Å²) in [6.45, 7) is 4.07. The smallest absolute Gasteiger partial charge is 0.151 e. The van der Waals surface area contributed by atoms with E-state index in [2.05, 4.69) is 15.5 Å². The summed E-state index contributed by atoms with van der Waals surface area (Å²) < 4.78 is 20.7. The van der Waals surface area contributed by atoms with Gasteiger partial charge in [0, 0.05) is 61.2 Å². The molecule has 0 aromatic heterocycles. The van der Waals surface area contributed by atoms with Crippen LogP contribution >= 0.6 is 11.6 Å². The molecule has 192 valence electrons. The normalized spacial score (nSPS) is 16.5. The van der Waals surface area contributed by atoms with Crippen molar-refractivity contribution < 1.29 is 13.9 Å². The van der Waals surface area contributed by atoms with Crippen LogP contribution in [0, 0.1) is 16.6 Å². The molecule has 3 aromatic carbocycles. The van der Waals surface area contributed by atoms with Crippen LogP contribution < -0.4 is 15.4 Å². The number of nitrogens with one attached hydrogen (secondary N) is 3. The van der Waals surface area contributed by atoms with E-state index in [-0.39, 0.29) is 11.9 Å². The average Bonchev–Trinajstić information content (AvgIpc) is 2.87. The van der Waals surface area contributed by atoms with Gasteiger partial charge in [-0.25, -0.2) is 4.39 Å². The minimum absolute atomic E-state index is 0.157. The average molecular weight is 521 g/mol. The number of aldehydes is 1. The molecule has 0 bridgehead atoms. The van der Waals surface area contributed by atoms with Gasteiger partial charge in [-0.3, -0.25) is 4.79 Å². The van der Waals surface area contributed by atoms with Gasteiger partial charge in [0.1, 0.15) is 11.6 Å². The van der Waals surface area contributed by atoms with E-state index in [1.807, 2.05) is 30.3 Å². The third kappa shape index (κ3) is 5.78. The van der Waals surface area contributed by atoms with Crippen molar-refractivity contribution in [3.63, 3.8) is 0 Å². The lowest BCUT2D eigenvalue weighted by Gasteiger charge is -2.58. The van der Waals surface area contributed by atoms with Crippen molar-refractivity contribution in [2.45, 2.75) is 25.5 Å². The zero-order valence-corrected chi connectivity index (χ0v) is 21.2. The second kappa shape index (κ2) is 10.9.